The van der Waals surface area contributed by atoms with E-state index < -0.39 is 61.7 Å². The predicted octanol–water partition coefficient (Wildman–Crippen LogP) is 2.74. The third-order valence-electron chi connectivity index (χ3n) is 4.90. The van der Waals surface area contributed by atoms with Gasteiger partial charge in [-0.05, 0) is 45.7 Å². The summed E-state index contributed by atoms with van der Waals surface area (Å²) in [6, 6.07) is 1.25. The summed E-state index contributed by atoms with van der Waals surface area (Å²) in [4.78, 5) is 25.1. The summed E-state index contributed by atoms with van der Waals surface area (Å²) >= 11 is 0. The number of carbonyl (C=O) groups excluding carboxylic acids is 2. The number of esters is 2. The normalized spacial score (nSPS) is 20.1. The maximum Gasteiger partial charge on any atom is 0.417 e. The largest absolute Gasteiger partial charge is 0.465 e. The Kier molecular flexibility index (Phi) is 7.20. The molecule has 0 radical (unpaired) electrons. The molecule has 1 saturated heterocycles. The summed E-state index contributed by atoms with van der Waals surface area (Å²) in [6.07, 6.45) is -4.83. The number of sulfone groups is 1. The number of halogens is 3. The fraction of sp³-hybridized carbons (Fsp3) is 0.600. The number of benzene rings is 1. The van der Waals surface area contributed by atoms with Crippen LogP contribution in [0.3, 0.4) is 0 Å². The molecule has 0 spiro atoms. The molecule has 0 bridgehead atoms. The van der Waals surface area contributed by atoms with Gasteiger partial charge in [0.2, 0.25) is 0 Å². The number of piperidine rings is 1. The fourth-order valence-electron chi connectivity index (χ4n) is 3.50. The molecule has 2 atom stereocenters. The van der Waals surface area contributed by atoms with Gasteiger partial charge in [0.1, 0.15) is 5.60 Å². The van der Waals surface area contributed by atoms with E-state index in [1.54, 1.807) is 20.8 Å². The maximum absolute atomic E-state index is 13.7. The Morgan fingerprint density at radius 3 is 2.22 bits per heavy atom. The van der Waals surface area contributed by atoms with Gasteiger partial charge in [0.25, 0.3) is 0 Å². The molecular weight excluding hydrogens is 453 g/mol. The van der Waals surface area contributed by atoms with Crippen molar-refractivity contribution in [1.82, 2.24) is 0 Å². The van der Waals surface area contributed by atoms with Gasteiger partial charge >= 0.3 is 18.1 Å². The van der Waals surface area contributed by atoms with E-state index in [1.807, 2.05) is 0 Å². The van der Waals surface area contributed by atoms with E-state index in [-0.39, 0.29) is 25.1 Å². The first kappa shape index (κ1) is 25.9. The van der Waals surface area contributed by atoms with Crippen LogP contribution >= 0.6 is 0 Å². The van der Waals surface area contributed by atoms with Crippen LogP contribution in [0.5, 0.6) is 0 Å². The monoisotopic (exact) mass is 480 g/mol. The van der Waals surface area contributed by atoms with Gasteiger partial charge in [0.15, 0.2) is 9.84 Å². The number of hydrogen-bond donors (Lipinski definition) is 1. The standard InChI is InChI=1S/C20H27F3N2O6S/c1-19(2,3)31-17(26)11-6-7-25(16(24)8-11)14-10-13(20(21,22)23)12(18(27)30-4)9-15(14)32(5,28)29/h9-11,16H,6-8,24H2,1-5H3. The molecule has 32 heavy (non-hydrogen) atoms. The van der Waals surface area contributed by atoms with E-state index in [2.05, 4.69) is 4.74 Å². The number of ether oxygens (including phenoxy) is 2. The van der Waals surface area contributed by atoms with Crippen LogP contribution in [0.1, 0.15) is 49.5 Å². The van der Waals surface area contributed by atoms with Crippen molar-refractivity contribution in [3.05, 3.63) is 23.3 Å². The minimum atomic E-state index is -4.95. The Morgan fingerprint density at radius 1 is 1.19 bits per heavy atom. The average molecular weight is 481 g/mol. The lowest BCUT2D eigenvalue weighted by atomic mass is 9.93. The summed E-state index contributed by atoms with van der Waals surface area (Å²) in [5.74, 6) is -2.38. The van der Waals surface area contributed by atoms with Crippen molar-refractivity contribution in [2.24, 2.45) is 11.7 Å². The van der Waals surface area contributed by atoms with Gasteiger partial charge in [-0.15, -0.1) is 0 Å². The highest BCUT2D eigenvalue weighted by Crippen LogP contribution is 2.40. The predicted molar refractivity (Wildman–Crippen MR) is 110 cm³/mol. The van der Waals surface area contributed by atoms with Crippen LogP contribution in [-0.2, 0) is 30.3 Å². The molecule has 1 aliphatic rings. The zero-order chi connectivity index (χ0) is 24.6. The molecule has 0 aromatic heterocycles. The molecule has 2 rings (SSSR count). The number of anilines is 1. The van der Waals surface area contributed by atoms with Crippen LogP contribution in [0.4, 0.5) is 18.9 Å². The first-order chi connectivity index (χ1) is 14.5. The number of hydrogen-bond acceptors (Lipinski definition) is 8. The van der Waals surface area contributed by atoms with Crippen molar-refractivity contribution in [2.75, 3.05) is 24.8 Å². The summed E-state index contributed by atoms with van der Waals surface area (Å²) < 4.78 is 75.5. The number of rotatable bonds is 4. The van der Waals surface area contributed by atoms with E-state index in [0.29, 0.717) is 12.1 Å². The molecule has 1 aromatic rings. The number of methoxy groups -OCH3 is 1. The first-order valence-electron chi connectivity index (χ1n) is 9.74. The molecule has 1 fully saturated rings. The Balaban J connectivity index is 2.53. The van der Waals surface area contributed by atoms with Crippen molar-refractivity contribution in [1.29, 1.82) is 0 Å². The Bertz CT molecular complexity index is 1000. The van der Waals surface area contributed by atoms with Gasteiger partial charge < -0.3 is 20.1 Å². The SMILES string of the molecule is COC(=O)c1cc(S(C)(=O)=O)c(N2CCC(C(=O)OC(C)(C)C)CC2N)cc1C(F)(F)F. The molecule has 180 valence electrons. The van der Waals surface area contributed by atoms with Crippen molar-refractivity contribution in [3.63, 3.8) is 0 Å². The van der Waals surface area contributed by atoms with Gasteiger partial charge in [0.05, 0.1) is 40.9 Å². The van der Waals surface area contributed by atoms with Crippen LogP contribution < -0.4 is 10.6 Å². The van der Waals surface area contributed by atoms with Crippen molar-refractivity contribution in [3.8, 4) is 0 Å². The van der Waals surface area contributed by atoms with Crippen LogP contribution in [0, 0.1) is 5.92 Å². The molecule has 12 heteroatoms. The molecular formula is C20H27F3N2O6S. The Morgan fingerprint density at radius 2 is 1.78 bits per heavy atom. The molecule has 0 amide bonds. The lowest BCUT2D eigenvalue weighted by molar-refractivity contribution is -0.161. The van der Waals surface area contributed by atoms with Gasteiger partial charge in [-0.25, -0.2) is 13.2 Å². The summed E-state index contributed by atoms with van der Waals surface area (Å²) in [7, 11) is -3.15. The highest BCUT2D eigenvalue weighted by Gasteiger charge is 2.40. The second-order valence-electron chi connectivity index (χ2n) is 8.64. The molecule has 0 saturated carbocycles. The molecule has 2 unspecified atom stereocenters. The molecule has 8 nitrogen and oxygen atoms in total. The van der Waals surface area contributed by atoms with Crippen LogP contribution in [-0.4, -0.2) is 52.0 Å². The van der Waals surface area contributed by atoms with E-state index >= 15 is 0 Å². The average Bonchev–Trinajstić information content (AvgIpc) is 2.63. The smallest absolute Gasteiger partial charge is 0.417 e. The van der Waals surface area contributed by atoms with Gasteiger partial charge in [-0.1, -0.05) is 0 Å². The van der Waals surface area contributed by atoms with Crippen LogP contribution in [0.25, 0.3) is 0 Å². The lowest BCUT2D eigenvalue weighted by Gasteiger charge is -2.39. The number of alkyl halides is 3. The number of nitrogens with two attached hydrogens (primary N) is 1. The number of carbonyl (C=O) groups is 2. The molecule has 1 aromatic carbocycles. The molecule has 1 heterocycles. The van der Waals surface area contributed by atoms with Crippen molar-refractivity contribution >= 4 is 27.5 Å². The lowest BCUT2D eigenvalue weighted by Crippen LogP contribution is -2.50. The fourth-order valence-corrected chi connectivity index (χ4v) is 4.39. The summed E-state index contributed by atoms with van der Waals surface area (Å²) in [5, 5.41) is 0. The Hall–Kier alpha value is -2.34. The van der Waals surface area contributed by atoms with E-state index in [0.717, 1.165) is 13.4 Å². The maximum atomic E-state index is 13.7. The second-order valence-corrected chi connectivity index (χ2v) is 10.6. The van der Waals surface area contributed by atoms with E-state index in [9.17, 15) is 31.2 Å². The number of nitrogens with zero attached hydrogens (tertiary/aromatic N) is 1. The van der Waals surface area contributed by atoms with Gasteiger partial charge in [-0.3, -0.25) is 4.79 Å². The molecule has 0 aliphatic carbocycles. The zero-order valence-electron chi connectivity index (χ0n) is 18.4. The van der Waals surface area contributed by atoms with Gasteiger partial charge in [-0.2, -0.15) is 13.2 Å². The van der Waals surface area contributed by atoms with E-state index in [1.165, 1.54) is 4.90 Å². The van der Waals surface area contributed by atoms with Crippen LogP contribution in [0.2, 0.25) is 0 Å². The third kappa shape index (κ3) is 5.91. The first-order valence-corrected chi connectivity index (χ1v) is 11.6. The minimum Gasteiger partial charge on any atom is -0.465 e. The van der Waals surface area contributed by atoms with Crippen LogP contribution in [0.15, 0.2) is 17.0 Å². The third-order valence-corrected chi connectivity index (χ3v) is 6.03. The highest BCUT2D eigenvalue weighted by atomic mass is 32.2. The van der Waals surface area contributed by atoms with E-state index in [4.69, 9.17) is 10.5 Å². The van der Waals surface area contributed by atoms with Crippen molar-refractivity contribution in [2.45, 2.75) is 56.5 Å². The molecule has 2 N–H and O–H groups in total. The second kappa shape index (κ2) is 8.89. The zero-order valence-corrected chi connectivity index (χ0v) is 19.3. The topological polar surface area (TPSA) is 116 Å². The summed E-state index contributed by atoms with van der Waals surface area (Å²) in [5.41, 5.74) is 2.89. The Labute approximate surface area is 184 Å². The quantitative estimate of drug-likeness (QED) is 0.654. The minimum absolute atomic E-state index is 0.0163. The molecule has 1 aliphatic heterocycles. The van der Waals surface area contributed by atoms with Gasteiger partial charge in [0, 0.05) is 12.8 Å². The summed E-state index contributed by atoms with van der Waals surface area (Å²) in [6.45, 7) is 5.14. The van der Waals surface area contributed by atoms with Crippen molar-refractivity contribution < 1.29 is 40.7 Å². The highest BCUT2D eigenvalue weighted by molar-refractivity contribution is 7.90.